The lowest BCUT2D eigenvalue weighted by molar-refractivity contribution is -0.149. The molecule has 0 radical (unpaired) electrons. The molecule has 126 valence electrons. The van der Waals surface area contributed by atoms with E-state index in [4.69, 9.17) is 4.74 Å². The molecule has 2 atom stereocenters. The van der Waals surface area contributed by atoms with Crippen LogP contribution in [0.15, 0.2) is 24.3 Å². The van der Waals surface area contributed by atoms with Gasteiger partial charge in [0.2, 0.25) is 0 Å². The molecule has 0 aromatic heterocycles. The van der Waals surface area contributed by atoms with Crippen LogP contribution >= 0.6 is 0 Å². The van der Waals surface area contributed by atoms with Gasteiger partial charge >= 0.3 is 5.97 Å². The zero-order valence-electron chi connectivity index (χ0n) is 14.0. The molecule has 0 saturated carbocycles. The molecule has 1 N–H and O–H groups in total. The number of benzene rings is 1. The van der Waals surface area contributed by atoms with E-state index in [1.807, 2.05) is 24.3 Å². The van der Waals surface area contributed by atoms with E-state index in [0.717, 1.165) is 6.42 Å². The molecule has 1 saturated heterocycles. The number of rotatable bonds is 5. The number of ether oxygens (including phenoxy) is 1. The van der Waals surface area contributed by atoms with Crippen LogP contribution in [0, 0.1) is 5.92 Å². The van der Waals surface area contributed by atoms with Gasteiger partial charge < -0.3 is 14.7 Å². The number of carboxylic acid groups (broad SMARTS) is 1. The summed E-state index contributed by atoms with van der Waals surface area (Å²) in [5.41, 5.74) is 1.22. The third kappa shape index (κ3) is 4.24. The highest BCUT2D eigenvalue weighted by Crippen LogP contribution is 2.24. The molecule has 1 heterocycles. The van der Waals surface area contributed by atoms with Crippen molar-refractivity contribution in [3.8, 4) is 5.75 Å². The molecule has 1 fully saturated rings. The van der Waals surface area contributed by atoms with Crippen LogP contribution in [0.1, 0.15) is 45.1 Å². The van der Waals surface area contributed by atoms with Crippen molar-refractivity contribution in [3.05, 3.63) is 29.8 Å². The average molecular weight is 319 g/mol. The maximum absolute atomic E-state index is 12.3. The SMILES string of the molecule is CC(C)c1ccc(OCC(=O)N2CCC[C@H](C(=O)O)[C@@H]2C)cc1. The minimum atomic E-state index is -0.833. The number of carbonyl (C=O) groups is 2. The topological polar surface area (TPSA) is 66.8 Å². The van der Waals surface area contributed by atoms with Crippen LogP contribution in [-0.2, 0) is 9.59 Å². The summed E-state index contributed by atoms with van der Waals surface area (Å²) in [6.45, 7) is 6.58. The highest BCUT2D eigenvalue weighted by Gasteiger charge is 2.35. The second-order valence-corrected chi connectivity index (χ2v) is 6.43. The fourth-order valence-corrected chi connectivity index (χ4v) is 3.00. The van der Waals surface area contributed by atoms with Crippen molar-refractivity contribution >= 4 is 11.9 Å². The van der Waals surface area contributed by atoms with Crippen molar-refractivity contribution in [2.75, 3.05) is 13.2 Å². The second kappa shape index (κ2) is 7.49. The molecule has 0 bridgehead atoms. The molecule has 23 heavy (non-hydrogen) atoms. The summed E-state index contributed by atoms with van der Waals surface area (Å²) in [5, 5.41) is 9.22. The maximum atomic E-state index is 12.3. The number of carbonyl (C=O) groups excluding carboxylic acids is 1. The highest BCUT2D eigenvalue weighted by atomic mass is 16.5. The van der Waals surface area contributed by atoms with E-state index in [1.54, 1.807) is 11.8 Å². The van der Waals surface area contributed by atoms with Crippen LogP contribution in [0.2, 0.25) is 0 Å². The van der Waals surface area contributed by atoms with Gasteiger partial charge in [0.05, 0.1) is 5.92 Å². The number of aliphatic carboxylic acids is 1. The molecule has 1 aliphatic heterocycles. The van der Waals surface area contributed by atoms with E-state index in [0.29, 0.717) is 24.6 Å². The lowest BCUT2D eigenvalue weighted by atomic mass is 9.90. The van der Waals surface area contributed by atoms with Crippen LogP contribution in [0.4, 0.5) is 0 Å². The monoisotopic (exact) mass is 319 g/mol. The van der Waals surface area contributed by atoms with Crippen molar-refractivity contribution in [2.45, 2.75) is 45.6 Å². The molecule has 1 aromatic carbocycles. The van der Waals surface area contributed by atoms with E-state index in [2.05, 4.69) is 13.8 Å². The van der Waals surface area contributed by atoms with Crippen LogP contribution < -0.4 is 4.74 Å². The first kappa shape index (κ1) is 17.3. The number of hydrogen-bond acceptors (Lipinski definition) is 3. The Morgan fingerprint density at radius 2 is 1.96 bits per heavy atom. The molecule has 2 rings (SSSR count). The average Bonchev–Trinajstić information content (AvgIpc) is 2.53. The van der Waals surface area contributed by atoms with Crippen molar-refractivity contribution in [1.82, 2.24) is 4.90 Å². The Kier molecular flexibility index (Phi) is 5.64. The van der Waals surface area contributed by atoms with Gasteiger partial charge in [-0.1, -0.05) is 26.0 Å². The van der Waals surface area contributed by atoms with Gasteiger partial charge in [-0.3, -0.25) is 9.59 Å². The summed E-state index contributed by atoms with van der Waals surface area (Å²) in [5.74, 6) is -0.371. The van der Waals surface area contributed by atoms with Crippen molar-refractivity contribution in [2.24, 2.45) is 5.92 Å². The van der Waals surface area contributed by atoms with Gasteiger partial charge in [0, 0.05) is 12.6 Å². The molecule has 0 unspecified atom stereocenters. The Hall–Kier alpha value is -2.04. The third-order valence-corrected chi connectivity index (χ3v) is 4.53. The molecule has 5 heteroatoms. The second-order valence-electron chi connectivity index (χ2n) is 6.43. The molecule has 0 aliphatic carbocycles. The Balaban J connectivity index is 1.92. The molecule has 1 amide bonds. The Labute approximate surface area is 137 Å². The summed E-state index contributed by atoms with van der Waals surface area (Å²) in [6.07, 6.45) is 1.34. The minimum Gasteiger partial charge on any atom is -0.484 e. The van der Waals surface area contributed by atoms with Gasteiger partial charge in [-0.15, -0.1) is 0 Å². The fourth-order valence-electron chi connectivity index (χ4n) is 3.00. The normalized spacial score (nSPS) is 21.3. The van der Waals surface area contributed by atoms with Crippen LogP contribution in [0.25, 0.3) is 0 Å². The number of likely N-dealkylation sites (tertiary alicyclic amines) is 1. The molecule has 5 nitrogen and oxygen atoms in total. The third-order valence-electron chi connectivity index (χ3n) is 4.53. The highest BCUT2D eigenvalue weighted by molar-refractivity contribution is 5.80. The number of amides is 1. The van der Waals surface area contributed by atoms with E-state index >= 15 is 0 Å². The predicted octanol–water partition coefficient (Wildman–Crippen LogP) is 2.90. The van der Waals surface area contributed by atoms with Crippen molar-refractivity contribution in [1.29, 1.82) is 0 Å². The smallest absolute Gasteiger partial charge is 0.308 e. The van der Waals surface area contributed by atoms with Crippen LogP contribution in [0.3, 0.4) is 0 Å². The minimum absolute atomic E-state index is 0.0578. The quantitative estimate of drug-likeness (QED) is 0.906. The van der Waals surface area contributed by atoms with E-state index in [-0.39, 0.29) is 18.6 Å². The van der Waals surface area contributed by atoms with Crippen molar-refractivity contribution in [3.63, 3.8) is 0 Å². The van der Waals surface area contributed by atoms with Crippen LogP contribution in [-0.4, -0.2) is 41.1 Å². The van der Waals surface area contributed by atoms with Crippen LogP contribution in [0.5, 0.6) is 5.75 Å². The first-order valence-electron chi connectivity index (χ1n) is 8.15. The summed E-state index contributed by atoms with van der Waals surface area (Å²) in [4.78, 5) is 25.2. The molecular weight excluding hydrogens is 294 g/mol. The summed E-state index contributed by atoms with van der Waals surface area (Å²) in [6, 6.07) is 7.42. The summed E-state index contributed by atoms with van der Waals surface area (Å²) < 4.78 is 5.56. The Morgan fingerprint density at radius 1 is 1.30 bits per heavy atom. The lowest BCUT2D eigenvalue weighted by Gasteiger charge is -2.37. The Bertz CT molecular complexity index is 553. The standard InChI is InChI=1S/C18H25NO4/c1-12(2)14-6-8-15(9-7-14)23-11-17(20)19-10-4-5-16(13(19)3)18(21)22/h6-9,12-13,16H,4-5,10-11H2,1-3H3,(H,21,22)/t13-,16-/m0/s1. The number of carboxylic acids is 1. The number of piperidine rings is 1. The van der Waals surface area contributed by atoms with Gasteiger partial charge in [0.15, 0.2) is 6.61 Å². The maximum Gasteiger partial charge on any atom is 0.308 e. The summed E-state index contributed by atoms with van der Waals surface area (Å²) in [7, 11) is 0. The van der Waals surface area contributed by atoms with Gasteiger partial charge in [0.25, 0.3) is 5.91 Å². The molecular formula is C18H25NO4. The van der Waals surface area contributed by atoms with Gasteiger partial charge in [0.1, 0.15) is 5.75 Å². The molecule has 0 spiro atoms. The van der Waals surface area contributed by atoms with Gasteiger partial charge in [-0.05, 0) is 43.4 Å². The lowest BCUT2D eigenvalue weighted by Crippen LogP contribution is -2.50. The van der Waals surface area contributed by atoms with Crippen molar-refractivity contribution < 1.29 is 19.4 Å². The van der Waals surface area contributed by atoms with E-state index in [9.17, 15) is 14.7 Å². The largest absolute Gasteiger partial charge is 0.484 e. The Morgan fingerprint density at radius 3 is 2.52 bits per heavy atom. The van der Waals surface area contributed by atoms with E-state index in [1.165, 1.54) is 5.56 Å². The first-order chi connectivity index (χ1) is 10.9. The number of hydrogen-bond donors (Lipinski definition) is 1. The molecule has 1 aromatic rings. The fraction of sp³-hybridized carbons (Fsp3) is 0.556. The first-order valence-corrected chi connectivity index (χ1v) is 8.15. The number of nitrogens with zero attached hydrogens (tertiary/aromatic N) is 1. The van der Waals surface area contributed by atoms with Gasteiger partial charge in [-0.25, -0.2) is 0 Å². The molecule has 1 aliphatic rings. The van der Waals surface area contributed by atoms with E-state index < -0.39 is 11.9 Å². The predicted molar refractivity (Wildman–Crippen MR) is 87.6 cm³/mol. The zero-order chi connectivity index (χ0) is 17.0. The van der Waals surface area contributed by atoms with Gasteiger partial charge in [-0.2, -0.15) is 0 Å². The zero-order valence-corrected chi connectivity index (χ0v) is 14.0. The summed E-state index contributed by atoms with van der Waals surface area (Å²) >= 11 is 0.